The number of phenolic OH excluding ortho intramolecular Hbond substituents is 1. The molecule has 2 amide bonds. The number of hydrogen-bond acceptors (Lipinski definition) is 7. The van der Waals surface area contributed by atoms with Crippen molar-refractivity contribution in [1.29, 1.82) is 0 Å². The van der Waals surface area contributed by atoms with Gasteiger partial charge in [0.2, 0.25) is 0 Å². The molecule has 1 fully saturated rings. The van der Waals surface area contributed by atoms with E-state index in [1.54, 1.807) is 42.5 Å². The van der Waals surface area contributed by atoms with Gasteiger partial charge in [-0.1, -0.05) is 36.0 Å². The fourth-order valence-electron chi connectivity index (χ4n) is 2.35. The highest BCUT2D eigenvalue weighted by Gasteiger charge is 2.34. The Hall–Kier alpha value is -3.37. The second kappa shape index (κ2) is 8.76. The Labute approximate surface area is 174 Å². The van der Waals surface area contributed by atoms with Gasteiger partial charge in [0.15, 0.2) is 10.9 Å². The van der Waals surface area contributed by atoms with E-state index in [0.717, 1.165) is 16.8 Å². The summed E-state index contributed by atoms with van der Waals surface area (Å²) in [6, 6.07) is 12.4. The van der Waals surface area contributed by atoms with E-state index in [-0.39, 0.29) is 15.6 Å². The molecule has 2 aromatic carbocycles. The number of ether oxygens (including phenoxy) is 1. The Morgan fingerprint density at radius 3 is 2.52 bits per heavy atom. The molecule has 0 unspecified atom stereocenters. The number of hydrazine groups is 1. The maximum absolute atomic E-state index is 12.6. The molecule has 3 N–H and O–H groups in total. The molecule has 0 atom stereocenters. The number of thiocarbonyl (C=S) groups is 1. The quantitative estimate of drug-likeness (QED) is 0.473. The third-order valence-corrected chi connectivity index (χ3v) is 5.00. The molecule has 0 bridgehead atoms. The molecule has 1 saturated heterocycles. The molecule has 0 aromatic heterocycles. The molecule has 1 aliphatic rings. The van der Waals surface area contributed by atoms with Gasteiger partial charge in [-0.2, -0.15) is 5.01 Å². The lowest BCUT2D eigenvalue weighted by atomic mass is 10.2. The first kappa shape index (κ1) is 20.4. The summed E-state index contributed by atoms with van der Waals surface area (Å²) in [5, 5.41) is 19.3. The second-order valence-electron chi connectivity index (χ2n) is 5.73. The summed E-state index contributed by atoms with van der Waals surface area (Å²) in [7, 11) is 0. The van der Waals surface area contributed by atoms with Crippen LogP contribution >= 0.6 is 24.0 Å². The minimum Gasteiger partial charge on any atom is -0.507 e. The maximum atomic E-state index is 12.6. The van der Waals surface area contributed by atoms with Crippen LogP contribution in [0.2, 0.25) is 0 Å². The lowest BCUT2D eigenvalue weighted by molar-refractivity contribution is -0.139. The molecule has 1 aliphatic heterocycles. The van der Waals surface area contributed by atoms with Gasteiger partial charge in [0, 0.05) is 0 Å². The first-order chi connectivity index (χ1) is 13.8. The Morgan fingerprint density at radius 1 is 1.17 bits per heavy atom. The predicted octanol–water partition coefficient (Wildman–Crippen LogP) is 2.40. The first-order valence-electron chi connectivity index (χ1n) is 8.17. The van der Waals surface area contributed by atoms with Crippen molar-refractivity contribution in [3.8, 4) is 11.5 Å². The zero-order valence-corrected chi connectivity index (χ0v) is 16.3. The minimum atomic E-state index is -1.08. The van der Waals surface area contributed by atoms with E-state index < -0.39 is 24.4 Å². The van der Waals surface area contributed by atoms with Crippen LogP contribution in [0.5, 0.6) is 11.5 Å². The van der Waals surface area contributed by atoms with Crippen molar-refractivity contribution in [1.82, 2.24) is 10.4 Å². The van der Waals surface area contributed by atoms with Crippen LogP contribution in [0.4, 0.5) is 0 Å². The molecule has 2 aromatic rings. The van der Waals surface area contributed by atoms with Gasteiger partial charge >= 0.3 is 5.97 Å². The topological polar surface area (TPSA) is 116 Å². The van der Waals surface area contributed by atoms with Crippen LogP contribution in [0.25, 0.3) is 6.08 Å². The van der Waals surface area contributed by atoms with Crippen molar-refractivity contribution in [3.05, 3.63) is 64.6 Å². The lowest BCUT2D eigenvalue weighted by Gasteiger charge is -2.16. The van der Waals surface area contributed by atoms with Gasteiger partial charge in [0.05, 0.1) is 10.5 Å². The van der Waals surface area contributed by atoms with Crippen LogP contribution in [0.15, 0.2) is 53.4 Å². The molecule has 29 heavy (non-hydrogen) atoms. The van der Waals surface area contributed by atoms with Gasteiger partial charge in [-0.05, 0) is 48.1 Å². The Balaban J connectivity index is 1.70. The van der Waals surface area contributed by atoms with Crippen LogP contribution in [-0.4, -0.2) is 43.9 Å². The van der Waals surface area contributed by atoms with Gasteiger partial charge in [-0.3, -0.25) is 15.0 Å². The molecule has 3 rings (SSSR count). The van der Waals surface area contributed by atoms with Crippen molar-refractivity contribution in [3.63, 3.8) is 0 Å². The molecular formula is C19H14N2O6S2. The second-order valence-corrected chi connectivity index (χ2v) is 7.40. The number of carboxylic acid groups (broad SMARTS) is 1. The van der Waals surface area contributed by atoms with E-state index in [2.05, 4.69) is 5.43 Å². The normalized spacial score (nSPS) is 14.9. The number of thioether (sulfide) groups is 1. The van der Waals surface area contributed by atoms with Crippen molar-refractivity contribution in [2.45, 2.75) is 0 Å². The maximum Gasteiger partial charge on any atom is 0.341 e. The van der Waals surface area contributed by atoms with Crippen molar-refractivity contribution >= 4 is 52.2 Å². The zero-order valence-electron chi connectivity index (χ0n) is 14.7. The number of aromatic hydroxyl groups is 1. The standard InChI is InChI=1S/C19H14N2O6S2/c22-14-4-2-1-3-13(14)17(25)20-21-18(26)15(29-19(21)28)9-11-5-7-12(8-6-11)27-10-16(23)24/h1-9,22H,10H2,(H,20,25)(H,23,24)/b15-9-. The van der Waals surface area contributed by atoms with E-state index in [1.165, 1.54) is 12.1 Å². The number of aliphatic carboxylic acids is 1. The Morgan fingerprint density at radius 2 is 1.86 bits per heavy atom. The average molecular weight is 430 g/mol. The average Bonchev–Trinajstić information content (AvgIpc) is 2.95. The van der Waals surface area contributed by atoms with E-state index in [1.807, 2.05) is 0 Å². The SMILES string of the molecule is O=C(O)COc1ccc(/C=C2\SC(=S)N(NC(=O)c3ccccc3O)C2=O)cc1. The zero-order chi connectivity index (χ0) is 21.0. The predicted molar refractivity (Wildman–Crippen MR) is 110 cm³/mol. The Bertz CT molecular complexity index is 1020. The molecule has 0 saturated carbocycles. The van der Waals surface area contributed by atoms with E-state index in [4.69, 9.17) is 22.1 Å². The number of benzene rings is 2. The van der Waals surface area contributed by atoms with Gasteiger partial charge < -0.3 is 14.9 Å². The fraction of sp³-hybridized carbons (Fsp3) is 0.0526. The van der Waals surface area contributed by atoms with E-state index in [9.17, 15) is 19.5 Å². The number of phenols is 1. The third-order valence-electron chi connectivity index (χ3n) is 3.70. The molecule has 10 heteroatoms. The van der Waals surface area contributed by atoms with Crippen LogP contribution in [0.1, 0.15) is 15.9 Å². The summed E-state index contributed by atoms with van der Waals surface area (Å²) in [6.45, 7) is -0.450. The number of hydrogen-bond donors (Lipinski definition) is 3. The Kier molecular flexibility index (Phi) is 6.15. The summed E-state index contributed by atoms with van der Waals surface area (Å²) >= 11 is 6.19. The summed E-state index contributed by atoms with van der Waals surface area (Å²) in [4.78, 5) is 35.7. The number of nitrogens with zero attached hydrogens (tertiary/aromatic N) is 1. The highest BCUT2D eigenvalue weighted by atomic mass is 32.2. The number of rotatable bonds is 6. The van der Waals surface area contributed by atoms with E-state index in [0.29, 0.717) is 16.2 Å². The van der Waals surface area contributed by atoms with Crippen LogP contribution in [0, 0.1) is 0 Å². The van der Waals surface area contributed by atoms with Crippen LogP contribution < -0.4 is 10.2 Å². The lowest BCUT2D eigenvalue weighted by Crippen LogP contribution is -2.44. The van der Waals surface area contributed by atoms with E-state index >= 15 is 0 Å². The van der Waals surface area contributed by atoms with Crippen molar-refractivity contribution in [2.24, 2.45) is 0 Å². The molecular weight excluding hydrogens is 416 g/mol. The van der Waals surface area contributed by atoms with Crippen molar-refractivity contribution < 1.29 is 29.3 Å². The molecule has 0 radical (unpaired) electrons. The van der Waals surface area contributed by atoms with Gasteiger partial charge in [0.1, 0.15) is 11.5 Å². The molecule has 0 spiro atoms. The minimum absolute atomic E-state index is 0.0162. The fourth-order valence-corrected chi connectivity index (χ4v) is 3.53. The third kappa shape index (κ3) is 4.92. The number of carboxylic acids is 1. The molecule has 0 aliphatic carbocycles. The van der Waals surface area contributed by atoms with Crippen LogP contribution in [-0.2, 0) is 9.59 Å². The smallest absolute Gasteiger partial charge is 0.341 e. The van der Waals surface area contributed by atoms with Crippen LogP contribution in [0.3, 0.4) is 0 Å². The highest BCUT2D eigenvalue weighted by Crippen LogP contribution is 2.32. The number of carbonyl (C=O) groups is 3. The van der Waals surface area contributed by atoms with Gasteiger partial charge in [-0.25, -0.2) is 4.79 Å². The summed E-state index contributed by atoms with van der Waals surface area (Å²) in [5.74, 6) is -2.08. The summed E-state index contributed by atoms with van der Waals surface area (Å²) < 4.78 is 5.20. The first-order valence-corrected chi connectivity index (χ1v) is 9.39. The molecule has 1 heterocycles. The monoisotopic (exact) mass is 430 g/mol. The summed E-state index contributed by atoms with van der Waals surface area (Å²) in [6.07, 6.45) is 1.59. The number of nitrogens with one attached hydrogen (secondary N) is 1. The van der Waals surface area contributed by atoms with Crippen molar-refractivity contribution in [2.75, 3.05) is 6.61 Å². The largest absolute Gasteiger partial charge is 0.507 e. The molecule has 8 nitrogen and oxygen atoms in total. The highest BCUT2D eigenvalue weighted by molar-refractivity contribution is 8.26. The number of amides is 2. The molecule has 148 valence electrons. The number of para-hydroxylation sites is 1. The van der Waals surface area contributed by atoms with Gasteiger partial charge in [0.25, 0.3) is 11.8 Å². The number of carbonyl (C=O) groups excluding carboxylic acids is 2. The van der Waals surface area contributed by atoms with Gasteiger partial charge in [-0.15, -0.1) is 0 Å². The summed E-state index contributed by atoms with van der Waals surface area (Å²) in [5.41, 5.74) is 3.08.